The van der Waals surface area contributed by atoms with E-state index in [1.54, 1.807) is 5.56 Å². The lowest BCUT2D eigenvalue weighted by Crippen LogP contribution is -2.51. The zero-order chi connectivity index (χ0) is 90.4. The van der Waals surface area contributed by atoms with E-state index in [-0.39, 0.29) is 64.6 Å². The van der Waals surface area contributed by atoms with Gasteiger partial charge in [-0.25, -0.2) is 8.78 Å². The molecule has 0 saturated heterocycles. The second-order valence-electron chi connectivity index (χ2n) is 42.4. The second kappa shape index (κ2) is 36.8. The molecule has 0 radical (unpaired) electrons. The van der Waals surface area contributed by atoms with Gasteiger partial charge < -0.3 is 0 Å². The predicted octanol–water partition coefficient (Wildman–Crippen LogP) is 36.2. The van der Waals surface area contributed by atoms with E-state index in [2.05, 4.69) is 331 Å². The van der Waals surface area contributed by atoms with Crippen LogP contribution in [0.2, 0.25) is 0 Å². The molecule has 12 aromatic carbocycles. The molecule has 3 fully saturated rings. The summed E-state index contributed by atoms with van der Waals surface area (Å²) < 4.78 is 108. The van der Waals surface area contributed by atoms with Crippen LogP contribution in [0.4, 0.5) is 35.1 Å². The van der Waals surface area contributed by atoms with Crippen LogP contribution in [0.15, 0.2) is 188 Å². The van der Waals surface area contributed by atoms with Crippen LogP contribution in [0.5, 0.6) is 0 Å². The number of rotatable bonds is 8. The smallest absolute Gasteiger partial charge is 0.207 e. The van der Waals surface area contributed by atoms with E-state index < -0.39 is 36.5 Å². The number of benzene rings is 12. The number of halogens is 8. The fourth-order valence-electron chi connectivity index (χ4n) is 21.0. The van der Waals surface area contributed by atoms with Crippen molar-refractivity contribution in [2.45, 2.75) is 333 Å². The molecule has 0 N–H and O–H groups in total. The Kier molecular flexibility index (Phi) is 28.4. The van der Waals surface area contributed by atoms with Crippen LogP contribution in [0.3, 0.4) is 0 Å². The van der Waals surface area contributed by atoms with E-state index in [1.807, 2.05) is 37.3 Å². The first kappa shape index (κ1) is 95.0. The molecule has 0 spiro atoms. The summed E-state index contributed by atoms with van der Waals surface area (Å²) in [5.74, 6) is -0.637. The predicted molar refractivity (Wildman–Crippen MR) is 513 cm³/mol. The highest BCUT2D eigenvalue weighted by Gasteiger charge is 2.70. The maximum absolute atomic E-state index is 13.5. The average Bonchev–Trinajstić information content (AvgIpc) is 1.16. The molecule has 0 unspecified atom stereocenters. The molecule has 0 nitrogen and oxygen atoms in total. The lowest BCUT2D eigenvalue weighted by Gasteiger charge is -2.42. The average molecular weight is 1670 g/mol. The third kappa shape index (κ3) is 20.6. The Bertz CT molecular complexity index is 5670. The van der Waals surface area contributed by atoms with Crippen molar-refractivity contribution < 1.29 is 35.1 Å². The summed E-state index contributed by atoms with van der Waals surface area (Å²) in [7, 11) is 0. The van der Waals surface area contributed by atoms with Gasteiger partial charge in [0.05, 0.1) is 0 Å². The molecule has 0 aliphatic heterocycles. The number of alkyl halides is 8. The summed E-state index contributed by atoms with van der Waals surface area (Å²) in [6.45, 7) is 58.5. The molecule has 656 valence electrons. The van der Waals surface area contributed by atoms with Gasteiger partial charge in [-0.15, -0.1) is 0 Å². The number of aryl methyl sites for hydroxylation is 7. The second-order valence-corrected chi connectivity index (χ2v) is 42.4. The highest BCUT2D eigenvalue weighted by molar-refractivity contribution is 6.03. The first-order chi connectivity index (χ1) is 57.3. The minimum Gasteiger partial charge on any atom is -0.207 e. The van der Waals surface area contributed by atoms with E-state index in [4.69, 9.17) is 0 Å². The van der Waals surface area contributed by atoms with Crippen molar-refractivity contribution in [3.05, 3.63) is 283 Å². The monoisotopic (exact) mass is 1670 g/mol. The van der Waals surface area contributed by atoms with Crippen molar-refractivity contribution in [1.82, 2.24) is 0 Å². The summed E-state index contributed by atoms with van der Waals surface area (Å²) in [6.07, 6.45) is -4.49. The van der Waals surface area contributed by atoms with Crippen LogP contribution in [-0.2, 0) is 33.5 Å². The number of hydrogen-bond acceptors (Lipinski definition) is 0. The third-order valence-corrected chi connectivity index (χ3v) is 27.7. The van der Waals surface area contributed by atoms with Crippen molar-refractivity contribution in [2.75, 3.05) is 0 Å². The molecule has 8 heteroatoms. The topological polar surface area (TPSA) is 0 Å². The van der Waals surface area contributed by atoms with Crippen molar-refractivity contribution in [1.29, 1.82) is 0 Å². The van der Waals surface area contributed by atoms with E-state index in [0.29, 0.717) is 24.7 Å². The van der Waals surface area contributed by atoms with Gasteiger partial charge in [0.2, 0.25) is 5.92 Å². The van der Waals surface area contributed by atoms with E-state index in [9.17, 15) is 35.1 Å². The summed E-state index contributed by atoms with van der Waals surface area (Å²) in [4.78, 5) is 0. The molecule has 0 atom stereocenters. The molecule has 3 saturated carbocycles. The van der Waals surface area contributed by atoms with Gasteiger partial charge in [-0.05, 0) is 333 Å². The van der Waals surface area contributed by atoms with Crippen molar-refractivity contribution in [3.63, 3.8) is 0 Å². The van der Waals surface area contributed by atoms with Crippen LogP contribution in [0, 0.1) is 59.8 Å². The van der Waals surface area contributed by atoms with Crippen LogP contribution in [-0.4, -0.2) is 18.3 Å². The fraction of sp³-hybridized carbons (Fsp3) is 0.461. The molecule has 0 heterocycles. The first-order valence-corrected chi connectivity index (χ1v) is 45.6. The highest BCUT2D eigenvalue weighted by atomic mass is 19.4. The molecule has 0 amide bonds. The molecule has 12 aromatic rings. The molecule has 123 heavy (non-hydrogen) atoms. The Hall–Kier alpha value is -8.62. The standard InChI is InChI=1S/C27H34.C23H26F6.C23H26.C21H26F2.C21H28/c1-17(2)20-14-11-15-21(18(3)4)26(20)24-16-25(27(6,7)8)19(5)22-12-9-10-13-23(22)24;1-14-16-7-5-6-8-17(16)18(13-19(14)20(2,3)4)15-9-11-21(12-10-15,22(24,25)26)23(27,28)29;1-15-10-9-11-16(2)22(15)20-14-21(23(4,5)6)17(3)18-12-7-8-13-19(18)20;1-14-16-7-5-6-8-17(16)18(13-19(14)20(2,3)4)15-9-11-21(22,23)12-10-15;1-15-18-11-7-8-12-19(18)17(13-16-9-5-6-10-16)14-20(15)21(2,3)4/h9-18H,1-8H3;5-8,13,15H,9-12H2,1-4H3;7-14H,1-6H3;5-8,13,15H,9-12H2,1-4H3;7-8,11-12,14,16H,5-6,9-10,13H2,1-4H3. The Balaban J connectivity index is 0.000000150. The normalized spacial score (nSPS) is 15.9. The minimum absolute atomic E-state index is 0.0186. The lowest BCUT2D eigenvalue weighted by molar-refractivity contribution is -0.350. The zero-order valence-electron chi connectivity index (χ0n) is 79.0. The van der Waals surface area contributed by atoms with Gasteiger partial charge in [0.15, 0.2) is 5.41 Å². The van der Waals surface area contributed by atoms with Gasteiger partial charge in [0.1, 0.15) is 0 Å². The molecule has 15 rings (SSSR count). The van der Waals surface area contributed by atoms with Crippen LogP contribution < -0.4 is 0 Å². The maximum Gasteiger partial charge on any atom is 0.403 e. The molecule has 0 bridgehead atoms. The lowest BCUT2D eigenvalue weighted by atomic mass is 9.66. The Morgan fingerprint density at radius 3 is 0.919 bits per heavy atom. The third-order valence-electron chi connectivity index (χ3n) is 27.7. The van der Waals surface area contributed by atoms with E-state index >= 15 is 0 Å². The zero-order valence-corrected chi connectivity index (χ0v) is 79.0. The maximum atomic E-state index is 13.5. The van der Waals surface area contributed by atoms with Gasteiger partial charge in [0.25, 0.3) is 0 Å². The van der Waals surface area contributed by atoms with Gasteiger partial charge in [-0.2, -0.15) is 26.3 Å². The van der Waals surface area contributed by atoms with Gasteiger partial charge in [-0.3, -0.25) is 0 Å². The van der Waals surface area contributed by atoms with E-state index in [1.165, 1.54) is 170 Å². The van der Waals surface area contributed by atoms with Gasteiger partial charge >= 0.3 is 12.4 Å². The van der Waals surface area contributed by atoms with Crippen LogP contribution >= 0.6 is 0 Å². The van der Waals surface area contributed by atoms with Crippen LogP contribution in [0.25, 0.3) is 76.1 Å². The van der Waals surface area contributed by atoms with Crippen molar-refractivity contribution >= 4 is 53.9 Å². The van der Waals surface area contributed by atoms with Crippen LogP contribution in [0.1, 0.15) is 327 Å². The molecular formula is C115H140F8. The SMILES string of the molecule is Cc1c(C(C)(C)C)cc(-c2c(C(C)C)cccc2C(C)C)c2ccccc12.Cc1c(C(C)(C)C)cc(C2CCC(C(F)(F)F)(C(F)(F)F)CC2)c2ccccc12.Cc1c(C(C)(C)C)cc(C2CCC(F)(F)CC2)c2ccccc12.Cc1c(C(C)(C)C)cc(CC2CCCC2)c2ccccc12.Cc1cccc(C)c1-c1cc(C(C)(C)C)c(C)c2ccccc12. The molecule has 3 aliphatic carbocycles. The first-order valence-electron chi connectivity index (χ1n) is 45.6. The minimum atomic E-state index is -5.29. The Morgan fingerprint density at radius 1 is 0.309 bits per heavy atom. The fourth-order valence-corrected chi connectivity index (χ4v) is 21.0. The Morgan fingerprint density at radius 2 is 0.585 bits per heavy atom. The van der Waals surface area contributed by atoms with Crippen molar-refractivity contribution in [2.24, 2.45) is 11.3 Å². The summed E-state index contributed by atoms with van der Waals surface area (Å²) >= 11 is 0. The molecule has 0 aromatic heterocycles. The van der Waals surface area contributed by atoms with Gasteiger partial charge in [-0.1, -0.05) is 333 Å². The van der Waals surface area contributed by atoms with E-state index in [0.717, 1.165) is 33.4 Å². The Labute approximate surface area is 733 Å². The number of hydrogen-bond donors (Lipinski definition) is 0. The summed E-state index contributed by atoms with van der Waals surface area (Å²) in [6, 6.07) is 68.0. The quantitative estimate of drug-likeness (QED) is 0.133. The summed E-state index contributed by atoms with van der Waals surface area (Å²) in [5.41, 5.74) is 25.2. The number of fused-ring (bicyclic) bond motifs is 5. The summed E-state index contributed by atoms with van der Waals surface area (Å²) in [5, 5.41) is 12.9. The molecular weight excluding hydrogens is 1530 g/mol. The highest BCUT2D eigenvalue weighted by Crippen LogP contribution is 2.61. The molecule has 3 aliphatic rings. The van der Waals surface area contributed by atoms with Crippen molar-refractivity contribution in [3.8, 4) is 22.3 Å². The largest absolute Gasteiger partial charge is 0.403 e. The van der Waals surface area contributed by atoms with Gasteiger partial charge in [0, 0.05) is 12.8 Å².